The molecule has 2 aromatic carbocycles. The summed E-state index contributed by atoms with van der Waals surface area (Å²) in [6, 6.07) is 17.2. The Bertz CT molecular complexity index is 717. The number of carbonyl (C=O) groups is 2. The van der Waals surface area contributed by atoms with E-state index in [1.807, 2.05) is 37.3 Å². The molecule has 144 valence electrons. The van der Waals surface area contributed by atoms with Crippen molar-refractivity contribution in [3.05, 3.63) is 60.2 Å². The molecule has 1 atom stereocenters. The number of carbonyl (C=O) groups excluding carboxylic acids is 2. The summed E-state index contributed by atoms with van der Waals surface area (Å²) in [5.74, 6) is 0.579. The van der Waals surface area contributed by atoms with Crippen LogP contribution in [-0.4, -0.2) is 45.1 Å². The van der Waals surface area contributed by atoms with Gasteiger partial charge in [0.25, 0.3) is 11.8 Å². The van der Waals surface area contributed by atoms with Crippen LogP contribution >= 0.6 is 0 Å². The van der Waals surface area contributed by atoms with Gasteiger partial charge in [-0.1, -0.05) is 30.3 Å². The van der Waals surface area contributed by atoms with E-state index in [1.165, 1.54) is 5.56 Å². The van der Waals surface area contributed by atoms with Gasteiger partial charge in [-0.25, -0.2) is 0 Å². The summed E-state index contributed by atoms with van der Waals surface area (Å²) in [5.41, 5.74) is 1.90. The molecule has 0 heterocycles. The standard InChI is InChI=1S/C21H27N3O3/c1-3-24(15-20(25)22-14-13-17-7-5-4-6-8-17)16-21(26)23-18-9-11-19(27-2)12-10-18/h4-12H,3,13-16H2,1-2H3,(H,22,25)(H,23,26)/p+1. The van der Waals surface area contributed by atoms with Crippen LogP contribution < -0.4 is 20.3 Å². The Morgan fingerprint density at radius 3 is 2.26 bits per heavy atom. The van der Waals surface area contributed by atoms with Crippen LogP contribution in [0.2, 0.25) is 0 Å². The third-order valence-electron chi connectivity index (χ3n) is 4.27. The van der Waals surface area contributed by atoms with Crippen molar-refractivity contribution in [2.45, 2.75) is 13.3 Å². The van der Waals surface area contributed by atoms with Crippen molar-refractivity contribution in [1.82, 2.24) is 5.32 Å². The average Bonchev–Trinajstić information content (AvgIpc) is 2.68. The van der Waals surface area contributed by atoms with E-state index in [-0.39, 0.29) is 24.9 Å². The second kappa shape index (κ2) is 11.0. The number of ether oxygens (including phenoxy) is 1. The van der Waals surface area contributed by atoms with Gasteiger partial charge in [-0.2, -0.15) is 0 Å². The van der Waals surface area contributed by atoms with Gasteiger partial charge < -0.3 is 20.3 Å². The zero-order valence-corrected chi connectivity index (χ0v) is 16.0. The quantitative estimate of drug-likeness (QED) is 0.582. The summed E-state index contributed by atoms with van der Waals surface area (Å²) >= 11 is 0. The highest BCUT2D eigenvalue weighted by atomic mass is 16.5. The number of hydrogen-bond donors (Lipinski definition) is 3. The van der Waals surface area contributed by atoms with Gasteiger partial charge in [-0.05, 0) is 43.2 Å². The van der Waals surface area contributed by atoms with Crippen LogP contribution in [0.15, 0.2) is 54.6 Å². The third kappa shape index (κ3) is 7.50. The molecule has 3 N–H and O–H groups in total. The lowest BCUT2D eigenvalue weighted by molar-refractivity contribution is -0.881. The molecular formula is C21H28N3O3+. The maximum atomic E-state index is 12.2. The van der Waals surface area contributed by atoms with Crippen LogP contribution in [0.5, 0.6) is 5.75 Å². The monoisotopic (exact) mass is 370 g/mol. The van der Waals surface area contributed by atoms with Gasteiger partial charge in [0.15, 0.2) is 13.1 Å². The molecule has 2 rings (SSSR count). The highest BCUT2D eigenvalue weighted by molar-refractivity contribution is 5.91. The summed E-state index contributed by atoms with van der Waals surface area (Å²) in [5, 5.41) is 5.78. The molecular weight excluding hydrogens is 342 g/mol. The van der Waals surface area contributed by atoms with Crippen molar-refractivity contribution in [1.29, 1.82) is 0 Å². The summed E-state index contributed by atoms with van der Waals surface area (Å²) in [7, 11) is 1.60. The first-order valence-corrected chi connectivity index (χ1v) is 9.18. The Morgan fingerprint density at radius 1 is 0.963 bits per heavy atom. The van der Waals surface area contributed by atoms with E-state index in [2.05, 4.69) is 10.6 Å². The first-order chi connectivity index (χ1) is 13.1. The van der Waals surface area contributed by atoms with Crippen LogP contribution in [0.4, 0.5) is 5.69 Å². The number of amides is 2. The molecule has 0 saturated carbocycles. The molecule has 0 aromatic heterocycles. The molecule has 0 aliphatic heterocycles. The molecule has 6 heteroatoms. The van der Waals surface area contributed by atoms with Gasteiger partial charge in [-0.3, -0.25) is 9.59 Å². The predicted molar refractivity (Wildman–Crippen MR) is 106 cm³/mol. The van der Waals surface area contributed by atoms with Gasteiger partial charge in [0.2, 0.25) is 0 Å². The molecule has 0 aliphatic carbocycles. The third-order valence-corrected chi connectivity index (χ3v) is 4.27. The first-order valence-electron chi connectivity index (χ1n) is 9.18. The first kappa shape index (κ1) is 20.5. The van der Waals surface area contributed by atoms with Crippen LogP contribution in [0, 0.1) is 0 Å². The van der Waals surface area contributed by atoms with Crippen molar-refractivity contribution < 1.29 is 19.2 Å². The molecule has 2 aromatic rings. The van der Waals surface area contributed by atoms with Crippen molar-refractivity contribution >= 4 is 17.5 Å². The second-order valence-corrected chi connectivity index (χ2v) is 6.32. The lowest BCUT2D eigenvalue weighted by atomic mass is 10.1. The number of anilines is 1. The van der Waals surface area contributed by atoms with Gasteiger partial charge in [0, 0.05) is 12.2 Å². The van der Waals surface area contributed by atoms with Gasteiger partial charge >= 0.3 is 0 Å². The van der Waals surface area contributed by atoms with E-state index in [0.29, 0.717) is 18.8 Å². The van der Waals surface area contributed by atoms with Crippen LogP contribution in [0.25, 0.3) is 0 Å². The van der Waals surface area contributed by atoms with Gasteiger partial charge in [0.05, 0.1) is 13.7 Å². The highest BCUT2D eigenvalue weighted by Gasteiger charge is 2.16. The summed E-state index contributed by atoms with van der Waals surface area (Å²) in [6.07, 6.45) is 0.798. The molecule has 6 nitrogen and oxygen atoms in total. The molecule has 0 saturated heterocycles. The number of benzene rings is 2. The Labute approximate surface area is 160 Å². The fourth-order valence-electron chi connectivity index (χ4n) is 2.70. The smallest absolute Gasteiger partial charge is 0.279 e. The van der Waals surface area contributed by atoms with Crippen LogP contribution in [0.3, 0.4) is 0 Å². The van der Waals surface area contributed by atoms with E-state index >= 15 is 0 Å². The van der Waals surface area contributed by atoms with Crippen molar-refractivity contribution in [3.8, 4) is 5.75 Å². The minimum Gasteiger partial charge on any atom is -0.497 e. The normalized spacial score (nSPS) is 11.5. The van der Waals surface area contributed by atoms with Gasteiger partial charge in [0.1, 0.15) is 5.75 Å². The summed E-state index contributed by atoms with van der Waals surface area (Å²) in [6.45, 7) is 3.78. The highest BCUT2D eigenvalue weighted by Crippen LogP contribution is 2.14. The molecule has 0 aliphatic rings. The Balaban J connectivity index is 1.72. The number of rotatable bonds is 10. The summed E-state index contributed by atoms with van der Waals surface area (Å²) < 4.78 is 5.10. The number of nitrogens with one attached hydrogen (secondary N) is 3. The minimum atomic E-state index is -0.117. The zero-order valence-electron chi connectivity index (χ0n) is 16.0. The Kier molecular flexibility index (Phi) is 8.32. The van der Waals surface area contributed by atoms with Crippen LogP contribution in [-0.2, 0) is 16.0 Å². The van der Waals surface area contributed by atoms with Gasteiger partial charge in [-0.15, -0.1) is 0 Å². The molecule has 0 fully saturated rings. The topological polar surface area (TPSA) is 71.9 Å². The second-order valence-electron chi connectivity index (χ2n) is 6.32. The van der Waals surface area contributed by atoms with E-state index in [0.717, 1.165) is 17.1 Å². The predicted octanol–water partition coefficient (Wildman–Crippen LogP) is 0.897. The lowest BCUT2D eigenvalue weighted by Gasteiger charge is -2.17. The Hall–Kier alpha value is -2.86. The number of quaternary nitrogens is 1. The maximum absolute atomic E-state index is 12.2. The van der Waals surface area contributed by atoms with E-state index < -0.39 is 0 Å². The molecule has 0 spiro atoms. The molecule has 2 amide bonds. The number of methoxy groups -OCH3 is 1. The fraction of sp³-hybridized carbons (Fsp3) is 0.333. The van der Waals surface area contributed by atoms with Crippen LogP contribution in [0.1, 0.15) is 12.5 Å². The number of hydrogen-bond acceptors (Lipinski definition) is 3. The zero-order chi connectivity index (χ0) is 19.5. The minimum absolute atomic E-state index is 0.0416. The molecule has 0 bridgehead atoms. The van der Waals surface area contributed by atoms with E-state index in [4.69, 9.17) is 4.74 Å². The number of likely N-dealkylation sites (N-methyl/N-ethyl adjacent to an activating group) is 1. The largest absolute Gasteiger partial charge is 0.497 e. The molecule has 1 unspecified atom stereocenters. The van der Waals surface area contributed by atoms with E-state index in [1.54, 1.807) is 31.4 Å². The Morgan fingerprint density at radius 2 is 1.63 bits per heavy atom. The fourth-order valence-corrected chi connectivity index (χ4v) is 2.70. The maximum Gasteiger partial charge on any atom is 0.279 e. The average molecular weight is 370 g/mol. The van der Waals surface area contributed by atoms with Crippen molar-refractivity contribution in [3.63, 3.8) is 0 Å². The lowest BCUT2D eigenvalue weighted by Crippen LogP contribution is -3.14. The molecule has 0 radical (unpaired) electrons. The van der Waals surface area contributed by atoms with E-state index in [9.17, 15) is 9.59 Å². The molecule has 27 heavy (non-hydrogen) atoms. The van der Waals surface area contributed by atoms with Crippen molar-refractivity contribution in [2.75, 3.05) is 38.6 Å². The SMILES string of the molecule is CC[NH+](CC(=O)NCCc1ccccc1)CC(=O)Nc1ccc(OC)cc1. The summed E-state index contributed by atoms with van der Waals surface area (Å²) in [4.78, 5) is 25.3. The van der Waals surface area contributed by atoms with Crippen molar-refractivity contribution in [2.24, 2.45) is 0 Å².